The van der Waals surface area contributed by atoms with Gasteiger partial charge in [-0.3, -0.25) is 4.99 Å². The smallest absolute Gasteiger partial charge is 0.218 e. The van der Waals surface area contributed by atoms with Crippen molar-refractivity contribution >= 4 is 29.9 Å². The molecule has 146 valence electrons. The fraction of sp³-hybridized carbons (Fsp3) is 0.400. The van der Waals surface area contributed by atoms with Crippen molar-refractivity contribution in [2.75, 3.05) is 20.2 Å². The second-order valence-electron chi connectivity index (χ2n) is 6.18. The molecule has 0 bridgehead atoms. The van der Waals surface area contributed by atoms with E-state index in [1.54, 1.807) is 13.2 Å². The molecule has 0 amide bonds. The maximum atomic E-state index is 5.90. The lowest BCUT2D eigenvalue weighted by Crippen LogP contribution is -2.40. The van der Waals surface area contributed by atoms with Crippen LogP contribution in [-0.2, 0) is 17.9 Å². The molecule has 1 fully saturated rings. The summed E-state index contributed by atoms with van der Waals surface area (Å²) in [4.78, 5) is 8.63. The number of ether oxygens (including phenoxy) is 2. The van der Waals surface area contributed by atoms with E-state index in [-0.39, 0.29) is 30.1 Å². The molecule has 0 spiro atoms. The van der Waals surface area contributed by atoms with E-state index in [1.807, 2.05) is 42.5 Å². The van der Waals surface area contributed by atoms with Crippen LogP contribution >= 0.6 is 24.0 Å². The lowest BCUT2D eigenvalue weighted by molar-refractivity contribution is 0.114. The average molecular weight is 482 g/mol. The predicted octanol–water partition coefficient (Wildman–Crippen LogP) is 3.12. The SMILES string of the molecule is CN=C(NCc1cccnc1OCc1ccccc1)NCC1CCCO1.I. The number of hydrogen-bond acceptors (Lipinski definition) is 4. The Morgan fingerprint density at radius 3 is 2.81 bits per heavy atom. The van der Waals surface area contributed by atoms with Crippen LogP contribution in [0.3, 0.4) is 0 Å². The third-order valence-corrected chi connectivity index (χ3v) is 4.26. The third kappa shape index (κ3) is 6.99. The summed E-state index contributed by atoms with van der Waals surface area (Å²) in [5.74, 6) is 1.39. The van der Waals surface area contributed by atoms with Crippen molar-refractivity contribution in [2.45, 2.75) is 32.1 Å². The van der Waals surface area contributed by atoms with Crippen LogP contribution in [0.4, 0.5) is 0 Å². The molecule has 0 radical (unpaired) electrons. The largest absolute Gasteiger partial charge is 0.473 e. The maximum Gasteiger partial charge on any atom is 0.218 e. The fourth-order valence-corrected chi connectivity index (χ4v) is 2.83. The number of nitrogens with zero attached hydrogens (tertiary/aromatic N) is 2. The van der Waals surface area contributed by atoms with Gasteiger partial charge in [0.2, 0.25) is 5.88 Å². The number of aliphatic imine (C=N–C) groups is 1. The lowest BCUT2D eigenvalue weighted by atomic mass is 10.2. The van der Waals surface area contributed by atoms with Gasteiger partial charge in [-0.05, 0) is 24.5 Å². The normalized spacial score (nSPS) is 16.5. The highest BCUT2D eigenvalue weighted by molar-refractivity contribution is 14.0. The highest BCUT2D eigenvalue weighted by atomic mass is 127. The van der Waals surface area contributed by atoms with Gasteiger partial charge in [-0.15, -0.1) is 24.0 Å². The molecule has 1 aliphatic heterocycles. The summed E-state index contributed by atoms with van der Waals surface area (Å²) >= 11 is 0. The van der Waals surface area contributed by atoms with Crippen molar-refractivity contribution < 1.29 is 9.47 Å². The Morgan fingerprint density at radius 2 is 2.07 bits per heavy atom. The van der Waals surface area contributed by atoms with Crippen LogP contribution in [0.2, 0.25) is 0 Å². The molecule has 1 aromatic carbocycles. The van der Waals surface area contributed by atoms with Gasteiger partial charge >= 0.3 is 0 Å². The molecule has 0 aliphatic carbocycles. The van der Waals surface area contributed by atoms with Crippen molar-refractivity contribution in [3.63, 3.8) is 0 Å². The first-order valence-electron chi connectivity index (χ1n) is 9.02. The predicted molar refractivity (Wildman–Crippen MR) is 118 cm³/mol. The van der Waals surface area contributed by atoms with Crippen LogP contribution < -0.4 is 15.4 Å². The lowest BCUT2D eigenvalue weighted by Gasteiger charge is -2.16. The molecule has 1 aliphatic rings. The Hall–Kier alpha value is -1.87. The minimum Gasteiger partial charge on any atom is -0.473 e. The van der Waals surface area contributed by atoms with Gasteiger partial charge in [0.1, 0.15) is 6.61 Å². The van der Waals surface area contributed by atoms with Crippen LogP contribution in [0.25, 0.3) is 0 Å². The van der Waals surface area contributed by atoms with E-state index >= 15 is 0 Å². The van der Waals surface area contributed by atoms with E-state index in [0.717, 1.165) is 43.1 Å². The molecule has 2 N–H and O–H groups in total. The Balaban J connectivity index is 0.00000261. The number of pyridine rings is 1. The molecule has 1 saturated heterocycles. The van der Waals surface area contributed by atoms with E-state index < -0.39 is 0 Å². The number of nitrogens with one attached hydrogen (secondary N) is 2. The van der Waals surface area contributed by atoms with Gasteiger partial charge in [-0.2, -0.15) is 0 Å². The molecular weight excluding hydrogens is 455 g/mol. The molecule has 0 saturated carbocycles. The second kappa shape index (κ2) is 11.8. The monoisotopic (exact) mass is 482 g/mol. The summed E-state index contributed by atoms with van der Waals surface area (Å²) in [5.41, 5.74) is 2.11. The zero-order valence-electron chi connectivity index (χ0n) is 15.6. The quantitative estimate of drug-likeness (QED) is 0.361. The van der Waals surface area contributed by atoms with Crippen molar-refractivity contribution in [3.05, 3.63) is 59.8 Å². The molecule has 1 atom stereocenters. The molecule has 2 aromatic rings. The van der Waals surface area contributed by atoms with Gasteiger partial charge in [0.15, 0.2) is 5.96 Å². The van der Waals surface area contributed by atoms with Crippen LogP contribution in [0.1, 0.15) is 24.0 Å². The minimum atomic E-state index is 0. The number of aromatic nitrogens is 1. The summed E-state index contributed by atoms with van der Waals surface area (Å²) in [6.07, 6.45) is 4.26. The van der Waals surface area contributed by atoms with Crippen LogP contribution in [0.15, 0.2) is 53.7 Å². The summed E-state index contributed by atoms with van der Waals surface area (Å²) in [7, 11) is 1.76. The Kier molecular flexibility index (Phi) is 9.34. The molecule has 1 unspecified atom stereocenters. The molecule has 6 nitrogen and oxygen atoms in total. The third-order valence-electron chi connectivity index (χ3n) is 4.26. The van der Waals surface area contributed by atoms with E-state index in [0.29, 0.717) is 19.0 Å². The summed E-state index contributed by atoms with van der Waals surface area (Å²) in [6.45, 7) is 2.71. The average Bonchev–Trinajstić information content (AvgIpc) is 3.21. The number of hydrogen-bond donors (Lipinski definition) is 2. The van der Waals surface area contributed by atoms with Crippen LogP contribution in [0, 0.1) is 0 Å². The first-order valence-corrected chi connectivity index (χ1v) is 9.02. The van der Waals surface area contributed by atoms with Crippen molar-refractivity contribution in [3.8, 4) is 5.88 Å². The van der Waals surface area contributed by atoms with E-state index in [2.05, 4.69) is 20.6 Å². The van der Waals surface area contributed by atoms with Gasteiger partial charge in [0.25, 0.3) is 0 Å². The standard InChI is InChI=1S/C20H26N4O2.HI/c1-21-20(24-14-18-10-6-12-25-18)23-13-17-9-5-11-22-19(17)26-15-16-7-3-2-4-8-16;/h2-5,7-9,11,18H,6,10,12-15H2,1H3,(H2,21,23,24);1H. The maximum absolute atomic E-state index is 5.90. The molecule has 27 heavy (non-hydrogen) atoms. The first-order chi connectivity index (χ1) is 12.8. The number of guanidine groups is 1. The topological polar surface area (TPSA) is 67.8 Å². The van der Waals surface area contributed by atoms with Crippen molar-refractivity contribution in [2.24, 2.45) is 4.99 Å². The molecule has 1 aromatic heterocycles. The van der Waals surface area contributed by atoms with Crippen molar-refractivity contribution in [1.29, 1.82) is 0 Å². The highest BCUT2D eigenvalue weighted by Crippen LogP contribution is 2.16. The van der Waals surface area contributed by atoms with Gasteiger partial charge in [0.05, 0.1) is 6.10 Å². The second-order valence-corrected chi connectivity index (χ2v) is 6.18. The number of halogens is 1. The van der Waals surface area contributed by atoms with Crippen molar-refractivity contribution in [1.82, 2.24) is 15.6 Å². The van der Waals surface area contributed by atoms with Gasteiger partial charge < -0.3 is 20.1 Å². The highest BCUT2D eigenvalue weighted by Gasteiger charge is 2.15. The summed E-state index contributed by atoms with van der Waals surface area (Å²) < 4.78 is 11.5. The zero-order chi connectivity index (χ0) is 18.0. The Morgan fingerprint density at radius 1 is 1.22 bits per heavy atom. The minimum absolute atomic E-state index is 0. The van der Waals surface area contributed by atoms with E-state index in [1.165, 1.54) is 0 Å². The number of benzene rings is 1. The van der Waals surface area contributed by atoms with Gasteiger partial charge in [-0.1, -0.05) is 36.4 Å². The molecule has 7 heteroatoms. The first kappa shape index (κ1) is 21.4. The Bertz CT molecular complexity index is 706. The van der Waals surface area contributed by atoms with Crippen LogP contribution in [-0.4, -0.2) is 37.2 Å². The molecule has 3 rings (SSSR count). The number of rotatable bonds is 7. The Labute approximate surface area is 177 Å². The molecular formula is C20H27IN4O2. The molecule has 2 heterocycles. The van der Waals surface area contributed by atoms with Crippen LogP contribution in [0.5, 0.6) is 5.88 Å². The van der Waals surface area contributed by atoms with Gasteiger partial charge in [-0.25, -0.2) is 4.98 Å². The summed E-state index contributed by atoms with van der Waals surface area (Å²) in [5, 5.41) is 6.62. The zero-order valence-corrected chi connectivity index (χ0v) is 17.9. The van der Waals surface area contributed by atoms with E-state index in [4.69, 9.17) is 9.47 Å². The van der Waals surface area contributed by atoms with E-state index in [9.17, 15) is 0 Å². The van der Waals surface area contributed by atoms with Gasteiger partial charge in [0, 0.05) is 38.5 Å². The summed E-state index contributed by atoms with van der Waals surface area (Å²) in [6, 6.07) is 14.0. The fourth-order valence-electron chi connectivity index (χ4n) is 2.83.